The molecule has 0 atom stereocenters. The first kappa shape index (κ1) is 16.4. The molecular weight excluding hydrogens is 300 g/mol. The Bertz CT molecular complexity index is 648. The quantitative estimate of drug-likeness (QED) is 0.842. The van der Waals surface area contributed by atoms with Crippen molar-refractivity contribution < 1.29 is 14.6 Å². The highest BCUT2D eigenvalue weighted by molar-refractivity contribution is 6.32. The van der Waals surface area contributed by atoms with Gasteiger partial charge in [-0.2, -0.15) is 0 Å². The van der Waals surface area contributed by atoms with Gasteiger partial charge in [0.15, 0.2) is 0 Å². The van der Waals surface area contributed by atoms with Gasteiger partial charge in [-0.15, -0.1) is 0 Å². The molecule has 0 aromatic heterocycles. The number of hydrogen-bond acceptors (Lipinski definition) is 2. The van der Waals surface area contributed by atoms with Gasteiger partial charge in [-0.25, -0.2) is 0 Å². The molecule has 0 unspecified atom stereocenters. The fraction of sp³-hybridized carbons (Fsp3) is 0.278. The van der Waals surface area contributed by atoms with E-state index in [2.05, 4.69) is 26.0 Å². The van der Waals surface area contributed by atoms with E-state index in [0.717, 1.165) is 5.56 Å². The molecule has 0 heterocycles. The summed E-state index contributed by atoms with van der Waals surface area (Å²) in [5.41, 5.74) is 3.01. The van der Waals surface area contributed by atoms with Gasteiger partial charge >= 0.3 is 5.97 Å². The lowest BCUT2D eigenvalue weighted by molar-refractivity contribution is -0.136. The summed E-state index contributed by atoms with van der Waals surface area (Å²) in [6, 6.07) is 13.3. The van der Waals surface area contributed by atoms with E-state index in [9.17, 15) is 4.79 Å². The number of hydrogen-bond donors (Lipinski definition) is 1. The fourth-order valence-electron chi connectivity index (χ4n) is 2.11. The Morgan fingerprint density at radius 1 is 1.14 bits per heavy atom. The van der Waals surface area contributed by atoms with Gasteiger partial charge in [-0.1, -0.05) is 55.8 Å². The number of aliphatic carboxylic acids is 1. The zero-order valence-corrected chi connectivity index (χ0v) is 13.4. The van der Waals surface area contributed by atoms with Crippen LogP contribution in [0.15, 0.2) is 42.5 Å². The lowest BCUT2D eigenvalue weighted by atomic mass is 10.0. The average molecular weight is 319 g/mol. The third-order valence-electron chi connectivity index (χ3n) is 3.39. The summed E-state index contributed by atoms with van der Waals surface area (Å²) in [7, 11) is 0. The third kappa shape index (κ3) is 4.50. The van der Waals surface area contributed by atoms with Crippen molar-refractivity contribution >= 4 is 17.6 Å². The van der Waals surface area contributed by atoms with Gasteiger partial charge in [0.05, 0.1) is 11.4 Å². The number of carbonyl (C=O) groups is 1. The molecule has 0 aliphatic rings. The number of benzene rings is 2. The molecular formula is C18H19ClO3. The normalized spacial score (nSPS) is 10.7. The summed E-state index contributed by atoms with van der Waals surface area (Å²) in [5.74, 6) is 0.185. The van der Waals surface area contributed by atoms with Gasteiger partial charge < -0.3 is 9.84 Å². The first-order valence-corrected chi connectivity index (χ1v) is 7.55. The maximum Gasteiger partial charge on any atom is 0.307 e. The molecule has 2 aromatic carbocycles. The van der Waals surface area contributed by atoms with Crippen molar-refractivity contribution in [3.05, 3.63) is 64.2 Å². The maximum atomic E-state index is 10.7. The van der Waals surface area contributed by atoms with Gasteiger partial charge in [-0.05, 0) is 34.7 Å². The standard InChI is InChI=1S/C18H19ClO3/c1-12(2)15-6-3-13(4-7-15)11-22-17-8-5-14(9-16(17)19)10-18(20)21/h3-9,12H,10-11H2,1-2H3,(H,20,21). The van der Waals surface area contributed by atoms with E-state index >= 15 is 0 Å². The van der Waals surface area contributed by atoms with E-state index in [0.29, 0.717) is 28.9 Å². The third-order valence-corrected chi connectivity index (χ3v) is 3.69. The van der Waals surface area contributed by atoms with Crippen molar-refractivity contribution in [3.8, 4) is 5.75 Å². The van der Waals surface area contributed by atoms with Crippen LogP contribution in [0, 0.1) is 0 Å². The Hall–Kier alpha value is -2.00. The minimum Gasteiger partial charge on any atom is -0.487 e. The predicted octanol–water partition coefficient (Wildman–Crippen LogP) is 4.67. The summed E-state index contributed by atoms with van der Waals surface area (Å²) in [6.07, 6.45) is -0.0450. The summed E-state index contributed by atoms with van der Waals surface area (Å²) in [4.78, 5) is 10.7. The summed E-state index contributed by atoms with van der Waals surface area (Å²) in [5, 5.41) is 9.19. The van der Waals surface area contributed by atoms with E-state index in [-0.39, 0.29) is 6.42 Å². The molecule has 0 saturated carbocycles. The number of rotatable bonds is 6. The Morgan fingerprint density at radius 3 is 2.32 bits per heavy atom. The number of carboxylic acid groups (broad SMARTS) is 1. The Kier molecular flexibility index (Phi) is 5.45. The highest BCUT2D eigenvalue weighted by Gasteiger charge is 2.07. The van der Waals surface area contributed by atoms with Crippen LogP contribution < -0.4 is 4.74 Å². The van der Waals surface area contributed by atoms with Crippen LogP contribution >= 0.6 is 11.6 Å². The van der Waals surface area contributed by atoms with E-state index < -0.39 is 5.97 Å². The second kappa shape index (κ2) is 7.32. The monoisotopic (exact) mass is 318 g/mol. The van der Waals surface area contributed by atoms with Crippen LogP contribution in [0.3, 0.4) is 0 Å². The fourth-order valence-corrected chi connectivity index (χ4v) is 2.36. The van der Waals surface area contributed by atoms with Crippen LogP contribution in [-0.2, 0) is 17.8 Å². The Morgan fingerprint density at radius 2 is 1.77 bits per heavy atom. The largest absolute Gasteiger partial charge is 0.487 e. The molecule has 0 fully saturated rings. The van der Waals surface area contributed by atoms with Crippen molar-refractivity contribution in [2.45, 2.75) is 32.8 Å². The van der Waals surface area contributed by atoms with E-state index in [1.807, 2.05) is 12.1 Å². The number of halogens is 1. The first-order chi connectivity index (χ1) is 10.5. The minimum absolute atomic E-state index is 0.0450. The molecule has 0 spiro atoms. The van der Waals surface area contributed by atoms with Crippen molar-refractivity contribution in [2.24, 2.45) is 0 Å². The molecule has 0 aliphatic heterocycles. The zero-order valence-electron chi connectivity index (χ0n) is 12.7. The van der Waals surface area contributed by atoms with Crippen LogP contribution in [0.4, 0.5) is 0 Å². The van der Waals surface area contributed by atoms with Crippen LogP contribution in [0.25, 0.3) is 0 Å². The van der Waals surface area contributed by atoms with Crippen molar-refractivity contribution in [2.75, 3.05) is 0 Å². The molecule has 4 heteroatoms. The molecule has 0 amide bonds. The van der Waals surface area contributed by atoms with Crippen LogP contribution in [0.1, 0.15) is 36.5 Å². The molecule has 2 aromatic rings. The summed E-state index contributed by atoms with van der Waals surface area (Å²) >= 11 is 6.13. The molecule has 0 saturated heterocycles. The first-order valence-electron chi connectivity index (χ1n) is 7.17. The molecule has 3 nitrogen and oxygen atoms in total. The van der Waals surface area contributed by atoms with Gasteiger partial charge in [0.1, 0.15) is 12.4 Å². The maximum absolute atomic E-state index is 10.7. The topological polar surface area (TPSA) is 46.5 Å². The highest BCUT2D eigenvalue weighted by Crippen LogP contribution is 2.26. The number of carboxylic acids is 1. The second-order valence-electron chi connectivity index (χ2n) is 5.52. The highest BCUT2D eigenvalue weighted by atomic mass is 35.5. The molecule has 1 N–H and O–H groups in total. The second-order valence-corrected chi connectivity index (χ2v) is 5.93. The Balaban J connectivity index is 2.00. The van der Waals surface area contributed by atoms with E-state index in [1.165, 1.54) is 5.56 Å². The predicted molar refractivity (Wildman–Crippen MR) is 87.7 cm³/mol. The minimum atomic E-state index is -0.880. The smallest absolute Gasteiger partial charge is 0.307 e. The molecule has 2 rings (SSSR count). The lowest BCUT2D eigenvalue weighted by Gasteiger charge is -2.10. The van der Waals surface area contributed by atoms with Gasteiger partial charge in [0, 0.05) is 0 Å². The summed E-state index contributed by atoms with van der Waals surface area (Å²) in [6.45, 7) is 4.74. The molecule has 22 heavy (non-hydrogen) atoms. The van der Waals surface area contributed by atoms with Gasteiger partial charge in [0.25, 0.3) is 0 Å². The summed E-state index contributed by atoms with van der Waals surface area (Å²) < 4.78 is 5.70. The molecule has 0 aliphatic carbocycles. The molecule has 116 valence electrons. The SMILES string of the molecule is CC(C)c1ccc(COc2ccc(CC(=O)O)cc2Cl)cc1. The Labute approximate surface area is 135 Å². The van der Waals surface area contributed by atoms with Crippen LogP contribution in [-0.4, -0.2) is 11.1 Å². The van der Waals surface area contributed by atoms with Crippen molar-refractivity contribution in [1.29, 1.82) is 0 Å². The molecule has 0 bridgehead atoms. The van der Waals surface area contributed by atoms with E-state index in [4.69, 9.17) is 21.4 Å². The average Bonchev–Trinajstić information content (AvgIpc) is 2.46. The van der Waals surface area contributed by atoms with Crippen molar-refractivity contribution in [3.63, 3.8) is 0 Å². The van der Waals surface area contributed by atoms with Crippen LogP contribution in [0.5, 0.6) is 5.75 Å². The van der Waals surface area contributed by atoms with Crippen molar-refractivity contribution in [1.82, 2.24) is 0 Å². The van der Waals surface area contributed by atoms with E-state index in [1.54, 1.807) is 18.2 Å². The van der Waals surface area contributed by atoms with Crippen LogP contribution in [0.2, 0.25) is 5.02 Å². The van der Waals surface area contributed by atoms with Gasteiger partial charge in [-0.3, -0.25) is 4.79 Å². The number of ether oxygens (including phenoxy) is 1. The molecule has 0 radical (unpaired) electrons. The zero-order chi connectivity index (χ0) is 16.1. The van der Waals surface area contributed by atoms with Gasteiger partial charge in [0.2, 0.25) is 0 Å². The lowest BCUT2D eigenvalue weighted by Crippen LogP contribution is -2.01.